The van der Waals surface area contributed by atoms with E-state index in [1.54, 1.807) is 6.92 Å². The van der Waals surface area contributed by atoms with Crippen molar-refractivity contribution in [1.82, 2.24) is 5.32 Å². The summed E-state index contributed by atoms with van der Waals surface area (Å²) in [5.41, 5.74) is 0. The normalized spacial score (nSPS) is 13.6. The Bertz CT molecular complexity index is 192. The van der Waals surface area contributed by atoms with Crippen molar-refractivity contribution in [2.24, 2.45) is 17.8 Å². The SMILES string of the molecule is CC(O)CCC(=O)NCC(C(C)C)C(C)C. The van der Waals surface area contributed by atoms with E-state index in [9.17, 15) is 4.79 Å². The van der Waals surface area contributed by atoms with E-state index in [-0.39, 0.29) is 5.91 Å². The molecular formula is C13H27NO2. The molecule has 0 aliphatic rings. The molecule has 0 spiro atoms. The molecule has 16 heavy (non-hydrogen) atoms. The fourth-order valence-electron chi connectivity index (χ4n) is 1.90. The molecule has 0 aromatic carbocycles. The van der Waals surface area contributed by atoms with Crippen LogP contribution in [0.15, 0.2) is 0 Å². The van der Waals surface area contributed by atoms with E-state index in [0.29, 0.717) is 30.6 Å². The molecule has 3 nitrogen and oxygen atoms in total. The standard InChI is InChI=1S/C13H27NO2/c1-9(2)12(10(3)4)8-14-13(16)7-6-11(5)15/h9-12,15H,6-8H2,1-5H3,(H,14,16). The van der Waals surface area contributed by atoms with Crippen molar-refractivity contribution in [3.05, 3.63) is 0 Å². The summed E-state index contributed by atoms with van der Waals surface area (Å²) in [6.07, 6.45) is 0.567. The van der Waals surface area contributed by atoms with E-state index in [4.69, 9.17) is 5.11 Å². The van der Waals surface area contributed by atoms with Gasteiger partial charge in [0.05, 0.1) is 6.10 Å². The molecule has 1 unspecified atom stereocenters. The first-order valence-corrected chi connectivity index (χ1v) is 6.29. The minimum absolute atomic E-state index is 0.0483. The minimum Gasteiger partial charge on any atom is -0.393 e. The van der Waals surface area contributed by atoms with Gasteiger partial charge in [-0.25, -0.2) is 0 Å². The molecule has 0 heterocycles. The maximum absolute atomic E-state index is 11.5. The molecule has 0 fully saturated rings. The highest BCUT2D eigenvalue weighted by Crippen LogP contribution is 2.19. The Morgan fingerprint density at radius 2 is 1.62 bits per heavy atom. The van der Waals surface area contributed by atoms with E-state index >= 15 is 0 Å². The van der Waals surface area contributed by atoms with Gasteiger partial charge in [-0.3, -0.25) is 4.79 Å². The first-order valence-electron chi connectivity index (χ1n) is 6.29. The molecule has 0 aromatic heterocycles. The molecule has 0 aliphatic heterocycles. The molecule has 0 bridgehead atoms. The van der Waals surface area contributed by atoms with Crippen LogP contribution in [0.3, 0.4) is 0 Å². The summed E-state index contributed by atoms with van der Waals surface area (Å²) in [5.74, 6) is 1.73. The molecule has 3 heteroatoms. The molecule has 1 amide bonds. The van der Waals surface area contributed by atoms with Crippen LogP contribution in [0.4, 0.5) is 0 Å². The van der Waals surface area contributed by atoms with Gasteiger partial charge in [0.2, 0.25) is 5.91 Å². The van der Waals surface area contributed by atoms with Crippen LogP contribution in [0.1, 0.15) is 47.5 Å². The number of aliphatic hydroxyl groups excluding tert-OH is 1. The monoisotopic (exact) mass is 229 g/mol. The Morgan fingerprint density at radius 3 is 2.00 bits per heavy atom. The van der Waals surface area contributed by atoms with Crippen LogP contribution in [-0.4, -0.2) is 23.7 Å². The van der Waals surface area contributed by atoms with Crippen LogP contribution < -0.4 is 5.32 Å². The van der Waals surface area contributed by atoms with Crippen LogP contribution >= 0.6 is 0 Å². The molecule has 0 aromatic rings. The fourth-order valence-corrected chi connectivity index (χ4v) is 1.90. The number of rotatable bonds is 7. The maximum Gasteiger partial charge on any atom is 0.220 e. The number of aliphatic hydroxyl groups is 1. The van der Waals surface area contributed by atoms with Gasteiger partial charge in [0.1, 0.15) is 0 Å². The van der Waals surface area contributed by atoms with Gasteiger partial charge in [0, 0.05) is 13.0 Å². The zero-order chi connectivity index (χ0) is 12.7. The summed E-state index contributed by atoms with van der Waals surface area (Å²) in [5, 5.41) is 12.0. The zero-order valence-electron chi connectivity index (χ0n) is 11.3. The molecule has 2 N–H and O–H groups in total. The summed E-state index contributed by atoms with van der Waals surface area (Å²) < 4.78 is 0. The van der Waals surface area contributed by atoms with E-state index < -0.39 is 6.10 Å². The van der Waals surface area contributed by atoms with E-state index in [2.05, 4.69) is 33.0 Å². The van der Waals surface area contributed by atoms with Crippen LogP contribution in [0, 0.1) is 17.8 Å². The third-order valence-electron chi connectivity index (χ3n) is 3.04. The number of hydrogen-bond donors (Lipinski definition) is 2. The van der Waals surface area contributed by atoms with E-state index in [1.165, 1.54) is 0 Å². The number of carbonyl (C=O) groups excluding carboxylic acids is 1. The molecule has 0 saturated carbocycles. The van der Waals surface area contributed by atoms with E-state index in [1.807, 2.05) is 0 Å². The fraction of sp³-hybridized carbons (Fsp3) is 0.923. The molecule has 0 rings (SSSR count). The van der Waals surface area contributed by atoms with Gasteiger partial charge < -0.3 is 10.4 Å². The van der Waals surface area contributed by atoms with Gasteiger partial charge in [0.15, 0.2) is 0 Å². The Morgan fingerprint density at radius 1 is 1.12 bits per heavy atom. The van der Waals surface area contributed by atoms with Crippen molar-refractivity contribution in [2.75, 3.05) is 6.54 Å². The second-order valence-corrected chi connectivity index (χ2v) is 5.34. The molecule has 0 radical (unpaired) electrons. The third kappa shape index (κ3) is 6.83. The van der Waals surface area contributed by atoms with Gasteiger partial charge in [-0.2, -0.15) is 0 Å². The van der Waals surface area contributed by atoms with Crippen molar-refractivity contribution in [3.8, 4) is 0 Å². The van der Waals surface area contributed by atoms with Gasteiger partial charge in [-0.05, 0) is 31.1 Å². The highest BCUT2D eigenvalue weighted by molar-refractivity contribution is 5.75. The lowest BCUT2D eigenvalue weighted by atomic mass is 9.85. The lowest BCUT2D eigenvalue weighted by Crippen LogP contribution is -2.34. The van der Waals surface area contributed by atoms with Crippen molar-refractivity contribution in [2.45, 2.75) is 53.6 Å². The van der Waals surface area contributed by atoms with Crippen molar-refractivity contribution >= 4 is 5.91 Å². The predicted octanol–water partition coefficient (Wildman–Crippen LogP) is 2.19. The van der Waals surface area contributed by atoms with Crippen molar-refractivity contribution in [3.63, 3.8) is 0 Å². The topological polar surface area (TPSA) is 49.3 Å². The third-order valence-corrected chi connectivity index (χ3v) is 3.04. The van der Waals surface area contributed by atoms with Gasteiger partial charge >= 0.3 is 0 Å². The second-order valence-electron chi connectivity index (χ2n) is 5.34. The molecule has 0 saturated heterocycles. The number of carbonyl (C=O) groups is 1. The van der Waals surface area contributed by atoms with Crippen LogP contribution in [0.5, 0.6) is 0 Å². The molecule has 96 valence electrons. The highest BCUT2D eigenvalue weighted by atomic mass is 16.3. The number of hydrogen-bond acceptors (Lipinski definition) is 2. The summed E-state index contributed by atoms with van der Waals surface area (Å²) in [7, 11) is 0. The zero-order valence-corrected chi connectivity index (χ0v) is 11.3. The van der Waals surface area contributed by atoms with Crippen LogP contribution in [-0.2, 0) is 4.79 Å². The van der Waals surface area contributed by atoms with Crippen LogP contribution in [0.2, 0.25) is 0 Å². The number of amides is 1. The molecular weight excluding hydrogens is 202 g/mol. The predicted molar refractivity (Wildman–Crippen MR) is 67.1 cm³/mol. The Kier molecular flexibility index (Phi) is 7.39. The first kappa shape index (κ1) is 15.4. The van der Waals surface area contributed by atoms with E-state index in [0.717, 1.165) is 6.54 Å². The van der Waals surface area contributed by atoms with Gasteiger partial charge in [-0.1, -0.05) is 27.7 Å². The number of nitrogens with one attached hydrogen (secondary N) is 1. The van der Waals surface area contributed by atoms with Gasteiger partial charge in [0.25, 0.3) is 0 Å². The van der Waals surface area contributed by atoms with Crippen molar-refractivity contribution < 1.29 is 9.90 Å². The maximum atomic E-state index is 11.5. The largest absolute Gasteiger partial charge is 0.393 e. The summed E-state index contributed by atoms with van der Waals surface area (Å²) in [4.78, 5) is 11.5. The smallest absolute Gasteiger partial charge is 0.220 e. The summed E-state index contributed by atoms with van der Waals surface area (Å²) in [6, 6.07) is 0. The molecule has 1 atom stereocenters. The lowest BCUT2D eigenvalue weighted by molar-refractivity contribution is -0.121. The minimum atomic E-state index is -0.392. The average Bonchev–Trinajstić information content (AvgIpc) is 2.13. The Hall–Kier alpha value is -0.570. The first-order chi connectivity index (χ1) is 7.34. The van der Waals surface area contributed by atoms with Gasteiger partial charge in [-0.15, -0.1) is 0 Å². The van der Waals surface area contributed by atoms with Crippen LogP contribution in [0.25, 0.3) is 0 Å². The second kappa shape index (κ2) is 7.66. The van der Waals surface area contributed by atoms with Crippen molar-refractivity contribution in [1.29, 1.82) is 0 Å². The summed E-state index contributed by atoms with van der Waals surface area (Å²) >= 11 is 0. The quantitative estimate of drug-likeness (QED) is 0.703. The lowest BCUT2D eigenvalue weighted by Gasteiger charge is -2.25. The molecule has 0 aliphatic carbocycles. The Balaban J connectivity index is 3.88. The highest BCUT2D eigenvalue weighted by Gasteiger charge is 2.18. The Labute approximate surface area is 99.6 Å². The summed E-state index contributed by atoms with van der Waals surface area (Å²) in [6.45, 7) is 11.2. The average molecular weight is 229 g/mol.